The van der Waals surface area contributed by atoms with Gasteiger partial charge in [-0.1, -0.05) is 13.1 Å². The summed E-state index contributed by atoms with van der Waals surface area (Å²) < 4.78 is 0.649. The van der Waals surface area contributed by atoms with Crippen LogP contribution in [0, 0.1) is 0 Å². The molecule has 0 spiro atoms. The van der Waals surface area contributed by atoms with Gasteiger partial charge in [-0.05, 0) is 35.9 Å². The minimum Gasteiger partial charge on any atom is -1.00 e. The summed E-state index contributed by atoms with van der Waals surface area (Å²) in [7, 11) is -1.15. The number of hydrogen-bond acceptors (Lipinski definition) is 1. The zero-order chi connectivity index (χ0) is 24.2. The van der Waals surface area contributed by atoms with Crippen molar-refractivity contribution in [2.24, 2.45) is 4.99 Å². The summed E-state index contributed by atoms with van der Waals surface area (Å²) in [6, 6.07) is 15.9. The Bertz CT molecular complexity index is 1340. The Hall–Kier alpha value is -1.25. The fraction of sp³-hybridized carbons (Fsp3) is 0.323. The SMILES string of the molecule is CC1=NC2=C3C(C)=C(C2=C1)[Si]3(C)C.CCCCc1ccc(-c2cccc3c2C=C(C)[CH]3[Zr+2])cc1.[Cl-].[Cl-]. The van der Waals surface area contributed by atoms with E-state index in [0.717, 1.165) is 0 Å². The van der Waals surface area contributed by atoms with E-state index in [-0.39, 0.29) is 24.8 Å². The zero-order valence-electron chi connectivity index (χ0n) is 22.1. The number of allylic oxidation sites excluding steroid dienone is 5. The summed E-state index contributed by atoms with van der Waals surface area (Å²) in [6.07, 6.45) is 8.38. The molecule has 2 aromatic rings. The Kier molecular flexibility index (Phi) is 9.15. The maximum Gasteiger partial charge on any atom is -1.00 e. The van der Waals surface area contributed by atoms with Crippen LogP contribution in [0.1, 0.15) is 60.9 Å². The maximum atomic E-state index is 4.62. The molecule has 5 heteroatoms. The van der Waals surface area contributed by atoms with Crippen LogP contribution in [0.15, 0.2) is 86.3 Å². The van der Waals surface area contributed by atoms with Crippen LogP contribution >= 0.6 is 0 Å². The largest absolute Gasteiger partial charge is 1.00 e. The Morgan fingerprint density at radius 3 is 2.22 bits per heavy atom. The van der Waals surface area contributed by atoms with Crippen LogP contribution < -0.4 is 24.8 Å². The average molecular weight is 611 g/mol. The molecule has 1 nitrogen and oxygen atoms in total. The number of halogens is 2. The third kappa shape index (κ3) is 4.82. The van der Waals surface area contributed by atoms with Crippen LogP contribution in [0.4, 0.5) is 0 Å². The monoisotopic (exact) mass is 608 g/mol. The summed E-state index contributed by atoms with van der Waals surface area (Å²) in [5.41, 5.74) is 14.2. The number of hydrogen-bond donors (Lipinski definition) is 0. The molecular weight excluding hydrogens is 577 g/mol. The van der Waals surface area contributed by atoms with Crippen molar-refractivity contribution in [1.29, 1.82) is 0 Å². The molecule has 0 N–H and O–H groups in total. The average Bonchev–Trinajstić information content (AvgIpc) is 3.46. The standard InChI is InChI=1S/C20H21.C11H13NSi.2ClH.Zr/c1-3-4-6-16-9-11-17(12-10-16)19-8-5-7-18-13-15(2)14-20(18)19;1-6-5-8-9(12-6)11-7(2)10(8)13(11,3)4;;;/h5,7-14H,3-4,6H2,1-2H3;5H,1-4H3;2*1H;/q;;;;+2/p-2. The molecule has 1 unspecified atom stereocenters. The molecular formula is C31H34Cl2NSiZr. The van der Waals surface area contributed by atoms with Gasteiger partial charge in [-0.25, -0.2) is 0 Å². The minimum absolute atomic E-state index is 0. The summed E-state index contributed by atoms with van der Waals surface area (Å²) in [5, 5.41) is 3.28. The van der Waals surface area contributed by atoms with Crippen LogP contribution in [-0.2, 0) is 31.1 Å². The molecule has 3 heterocycles. The van der Waals surface area contributed by atoms with Crippen molar-refractivity contribution in [2.75, 3.05) is 0 Å². The number of fused-ring (bicyclic) bond motifs is 1. The van der Waals surface area contributed by atoms with Gasteiger partial charge in [0.1, 0.15) is 8.07 Å². The van der Waals surface area contributed by atoms with Crippen LogP contribution in [0.5, 0.6) is 0 Å². The molecule has 2 aliphatic carbocycles. The fourth-order valence-corrected chi connectivity index (χ4v) is 10.8. The molecule has 36 heavy (non-hydrogen) atoms. The second-order valence-electron chi connectivity index (χ2n) is 10.6. The topological polar surface area (TPSA) is 12.4 Å². The van der Waals surface area contributed by atoms with Gasteiger partial charge in [0, 0.05) is 11.3 Å². The first-order valence-corrected chi connectivity index (χ1v) is 17.0. The number of aliphatic imine (C=N–C) groups is 1. The molecule has 0 amide bonds. The fourth-order valence-electron chi connectivity index (χ4n) is 6.10. The van der Waals surface area contributed by atoms with E-state index in [1.165, 1.54) is 75.2 Å². The van der Waals surface area contributed by atoms with Crippen LogP contribution in [0.3, 0.4) is 0 Å². The first-order chi connectivity index (χ1) is 16.2. The number of aryl methyl sites for hydroxylation is 1. The van der Waals surface area contributed by atoms with Crippen LogP contribution in [-0.4, -0.2) is 13.8 Å². The third-order valence-corrected chi connectivity index (χ3v) is 13.4. The van der Waals surface area contributed by atoms with E-state index in [0.29, 0.717) is 3.63 Å². The molecule has 185 valence electrons. The van der Waals surface area contributed by atoms with Gasteiger partial charge in [0.15, 0.2) is 0 Å². The molecule has 0 saturated heterocycles. The molecule has 3 aliphatic heterocycles. The molecule has 0 saturated carbocycles. The van der Waals surface area contributed by atoms with E-state index in [9.17, 15) is 0 Å². The van der Waals surface area contributed by atoms with Gasteiger partial charge in [-0.2, -0.15) is 0 Å². The number of unbranched alkanes of at least 4 members (excludes halogenated alkanes) is 1. The van der Waals surface area contributed by atoms with Gasteiger partial charge in [0.2, 0.25) is 0 Å². The Morgan fingerprint density at radius 2 is 1.61 bits per heavy atom. The van der Waals surface area contributed by atoms with Gasteiger partial charge in [0.25, 0.3) is 0 Å². The molecule has 0 aromatic heterocycles. The van der Waals surface area contributed by atoms with Gasteiger partial charge in [-0.3, -0.25) is 4.99 Å². The molecule has 2 bridgehead atoms. The van der Waals surface area contributed by atoms with E-state index in [2.05, 4.69) is 100 Å². The first kappa shape index (κ1) is 29.3. The van der Waals surface area contributed by atoms with E-state index < -0.39 is 8.07 Å². The van der Waals surface area contributed by atoms with Gasteiger partial charge >= 0.3 is 143 Å². The van der Waals surface area contributed by atoms with E-state index in [1.54, 1.807) is 35.1 Å². The predicted molar refractivity (Wildman–Crippen MR) is 145 cm³/mol. The van der Waals surface area contributed by atoms with Crippen molar-refractivity contribution < 1.29 is 49.5 Å². The Balaban J connectivity index is 0.000000208. The first-order valence-electron chi connectivity index (χ1n) is 12.6. The quantitative estimate of drug-likeness (QED) is 0.472. The van der Waals surface area contributed by atoms with Crippen LogP contribution in [0.2, 0.25) is 13.1 Å². The summed E-state index contributed by atoms with van der Waals surface area (Å²) in [4.78, 5) is 4.62. The van der Waals surface area contributed by atoms with Crippen molar-refractivity contribution in [3.05, 3.63) is 98.0 Å². The van der Waals surface area contributed by atoms with Crippen molar-refractivity contribution in [3.63, 3.8) is 0 Å². The van der Waals surface area contributed by atoms with Gasteiger partial charge in [0.05, 0.1) is 5.70 Å². The Morgan fingerprint density at radius 1 is 0.917 bits per heavy atom. The maximum absolute atomic E-state index is 4.62. The van der Waals surface area contributed by atoms with E-state index in [1.807, 2.05) is 0 Å². The molecule has 1 atom stereocenters. The molecule has 0 radical (unpaired) electrons. The number of nitrogens with zero attached hydrogens (tertiary/aromatic N) is 1. The smallest absolute Gasteiger partial charge is 1.00 e. The normalized spacial score (nSPS) is 19.7. The predicted octanol–water partition coefficient (Wildman–Crippen LogP) is 2.48. The van der Waals surface area contributed by atoms with Crippen molar-refractivity contribution in [1.82, 2.24) is 0 Å². The summed E-state index contributed by atoms with van der Waals surface area (Å²) in [6.45, 7) is 13.7. The van der Waals surface area contributed by atoms with Crippen molar-refractivity contribution in [3.8, 4) is 11.1 Å². The van der Waals surface area contributed by atoms with Crippen LogP contribution in [0.25, 0.3) is 17.2 Å². The van der Waals surface area contributed by atoms with Crippen molar-refractivity contribution >= 4 is 19.9 Å². The van der Waals surface area contributed by atoms with E-state index >= 15 is 0 Å². The summed E-state index contributed by atoms with van der Waals surface area (Å²) >= 11 is 1.59. The molecule has 2 aromatic carbocycles. The zero-order valence-corrected chi connectivity index (χ0v) is 27.1. The minimum atomic E-state index is -1.15. The number of benzene rings is 2. The molecule has 5 aliphatic rings. The molecule has 7 rings (SSSR count). The van der Waals surface area contributed by atoms with Gasteiger partial charge in [-0.15, -0.1) is 0 Å². The Labute approximate surface area is 245 Å². The second-order valence-corrected chi connectivity index (χ2v) is 16.3. The second kappa shape index (κ2) is 11.2. The third-order valence-electron chi connectivity index (χ3n) is 7.76. The number of rotatable bonds is 4. The summed E-state index contributed by atoms with van der Waals surface area (Å²) in [5.74, 6) is 0. The van der Waals surface area contributed by atoms with Crippen molar-refractivity contribution in [2.45, 2.75) is 63.7 Å². The molecule has 0 fully saturated rings. The van der Waals surface area contributed by atoms with Gasteiger partial charge < -0.3 is 24.8 Å². The van der Waals surface area contributed by atoms with E-state index in [4.69, 9.17) is 0 Å².